The van der Waals surface area contributed by atoms with Gasteiger partial charge in [-0.05, 0) is 34.9 Å². The smallest absolute Gasteiger partial charge is 0.339 e. The lowest BCUT2D eigenvalue weighted by Crippen LogP contribution is -2.21. The summed E-state index contributed by atoms with van der Waals surface area (Å²) in [7, 11) is 0. The Hall–Kier alpha value is -3.91. The number of hydrogen-bond acceptors (Lipinski definition) is 4. The van der Waals surface area contributed by atoms with E-state index < -0.39 is 11.9 Å². The summed E-state index contributed by atoms with van der Waals surface area (Å²) in [6.45, 7) is -0.387. The molecular weight excluding hydrogens is 352 g/mol. The van der Waals surface area contributed by atoms with Crippen molar-refractivity contribution in [1.82, 2.24) is 0 Å². The number of benzene rings is 3. The summed E-state index contributed by atoms with van der Waals surface area (Å²) in [5.74, 6) is -0.988. The number of ether oxygens (including phenoxy) is 1. The summed E-state index contributed by atoms with van der Waals surface area (Å²) in [4.78, 5) is 24.6. The highest BCUT2D eigenvalue weighted by Crippen LogP contribution is 2.24. The molecule has 138 valence electrons. The maximum Gasteiger partial charge on any atom is 0.339 e. The fourth-order valence-electron chi connectivity index (χ4n) is 2.73. The first-order valence-electron chi connectivity index (χ1n) is 8.74. The maximum atomic E-state index is 12.5. The maximum absolute atomic E-state index is 12.5. The van der Waals surface area contributed by atoms with Crippen molar-refractivity contribution in [1.29, 1.82) is 5.26 Å². The van der Waals surface area contributed by atoms with Crippen LogP contribution in [0.3, 0.4) is 0 Å². The van der Waals surface area contributed by atoms with Gasteiger partial charge >= 0.3 is 5.97 Å². The van der Waals surface area contributed by atoms with Crippen LogP contribution in [0.15, 0.2) is 78.9 Å². The fourth-order valence-corrected chi connectivity index (χ4v) is 2.73. The second-order valence-electron chi connectivity index (χ2n) is 6.07. The van der Waals surface area contributed by atoms with Gasteiger partial charge in [-0.25, -0.2) is 4.79 Å². The highest BCUT2D eigenvalue weighted by molar-refractivity contribution is 5.99. The van der Waals surface area contributed by atoms with E-state index in [4.69, 9.17) is 10.00 Å². The Labute approximate surface area is 163 Å². The minimum atomic E-state index is -0.557. The molecule has 28 heavy (non-hydrogen) atoms. The monoisotopic (exact) mass is 370 g/mol. The lowest BCUT2D eigenvalue weighted by molar-refractivity contribution is -0.119. The van der Waals surface area contributed by atoms with Crippen LogP contribution >= 0.6 is 0 Å². The van der Waals surface area contributed by atoms with Crippen molar-refractivity contribution in [2.24, 2.45) is 0 Å². The van der Waals surface area contributed by atoms with E-state index in [0.29, 0.717) is 17.7 Å². The highest BCUT2D eigenvalue weighted by atomic mass is 16.5. The number of esters is 1. The molecule has 0 bridgehead atoms. The molecule has 0 unspecified atom stereocenters. The number of anilines is 1. The summed E-state index contributed by atoms with van der Waals surface area (Å²) in [5.41, 5.74) is 3.50. The predicted molar refractivity (Wildman–Crippen MR) is 107 cm³/mol. The average molecular weight is 370 g/mol. The summed E-state index contributed by atoms with van der Waals surface area (Å²) in [6, 6.07) is 25.6. The number of nitrogens with zero attached hydrogens (tertiary/aromatic N) is 1. The molecule has 0 aromatic heterocycles. The number of nitrogens with one attached hydrogen (secondary N) is 1. The molecule has 5 heteroatoms. The zero-order chi connectivity index (χ0) is 19.8. The lowest BCUT2D eigenvalue weighted by Gasteiger charge is -2.10. The summed E-state index contributed by atoms with van der Waals surface area (Å²) >= 11 is 0. The van der Waals surface area contributed by atoms with Crippen molar-refractivity contribution in [3.8, 4) is 17.2 Å². The van der Waals surface area contributed by atoms with Crippen LogP contribution in [0, 0.1) is 11.3 Å². The van der Waals surface area contributed by atoms with Crippen LogP contribution in [-0.2, 0) is 16.0 Å². The van der Waals surface area contributed by atoms with Crippen molar-refractivity contribution in [3.05, 3.63) is 90.0 Å². The zero-order valence-electron chi connectivity index (χ0n) is 15.1. The molecule has 3 rings (SSSR count). The molecule has 3 aromatic carbocycles. The normalized spacial score (nSPS) is 9.96. The molecular formula is C23H18N2O3. The molecule has 0 spiro atoms. The first kappa shape index (κ1) is 18.9. The first-order chi connectivity index (χ1) is 13.7. The molecule has 5 nitrogen and oxygen atoms in total. The van der Waals surface area contributed by atoms with E-state index in [-0.39, 0.29) is 6.61 Å². The van der Waals surface area contributed by atoms with Crippen molar-refractivity contribution in [3.63, 3.8) is 0 Å². The molecule has 3 aromatic rings. The molecule has 0 aliphatic carbocycles. The predicted octanol–water partition coefficient (Wildman–Crippen LogP) is 4.22. The zero-order valence-corrected chi connectivity index (χ0v) is 15.1. The molecule has 0 heterocycles. The summed E-state index contributed by atoms with van der Waals surface area (Å²) in [6.07, 6.45) is 0.312. The molecule has 0 saturated heterocycles. The number of hydrogen-bond donors (Lipinski definition) is 1. The van der Waals surface area contributed by atoms with Gasteiger partial charge in [0.2, 0.25) is 0 Å². The van der Waals surface area contributed by atoms with Gasteiger partial charge in [0, 0.05) is 5.69 Å². The standard InChI is InChI=1S/C23H18N2O3/c24-15-14-17-10-12-19(13-11-17)25-22(26)16-28-23(27)21-9-5-4-8-20(21)18-6-2-1-3-7-18/h1-13H,14,16H2,(H,25,26). The molecule has 0 atom stereocenters. The molecule has 0 saturated carbocycles. The van der Waals surface area contributed by atoms with Crippen molar-refractivity contribution >= 4 is 17.6 Å². The number of amides is 1. The molecule has 0 radical (unpaired) electrons. The summed E-state index contributed by atoms with van der Waals surface area (Å²) < 4.78 is 5.19. The van der Waals surface area contributed by atoms with Gasteiger partial charge in [-0.3, -0.25) is 4.79 Å². The average Bonchev–Trinajstić information content (AvgIpc) is 2.74. The Morgan fingerprint density at radius 1 is 0.893 bits per heavy atom. The van der Waals surface area contributed by atoms with Gasteiger partial charge in [0.15, 0.2) is 6.61 Å². The Balaban J connectivity index is 1.61. The SMILES string of the molecule is N#CCc1ccc(NC(=O)COC(=O)c2ccccc2-c2ccccc2)cc1. The number of nitriles is 1. The Morgan fingerprint density at radius 2 is 1.57 bits per heavy atom. The minimum absolute atomic E-state index is 0.312. The van der Waals surface area contributed by atoms with Gasteiger partial charge in [0.05, 0.1) is 18.1 Å². The van der Waals surface area contributed by atoms with Crippen LogP contribution in [0.5, 0.6) is 0 Å². The third kappa shape index (κ3) is 4.83. The van der Waals surface area contributed by atoms with E-state index >= 15 is 0 Å². The first-order valence-corrected chi connectivity index (χ1v) is 8.74. The quantitative estimate of drug-likeness (QED) is 0.659. The van der Waals surface area contributed by atoms with Crippen molar-refractivity contribution in [2.75, 3.05) is 11.9 Å². The van der Waals surface area contributed by atoms with E-state index in [1.54, 1.807) is 36.4 Å². The molecule has 0 fully saturated rings. The summed E-state index contributed by atoms with van der Waals surface area (Å²) in [5, 5.41) is 11.3. The van der Waals surface area contributed by atoms with Gasteiger partial charge in [-0.1, -0.05) is 60.7 Å². The third-order valence-corrected chi connectivity index (χ3v) is 4.09. The van der Waals surface area contributed by atoms with Gasteiger partial charge in [0.1, 0.15) is 0 Å². The second kappa shape index (κ2) is 9.15. The van der Waals surface area contributed by atoms with Gasteiger partial charge in [-0.15, -0.1) is 0 Å². The van der Waals surface area contributed by atoms with Gasteiger partial charge in [-0.2, -0.15) is 5.26 Å². The third-order valence-electron chi connectivity index (χ3n) is 4.09. The molecule has 0 aliphatic heterocycles. The minimum Gasteiger partial charge on any atom is -0.452 e. The van der Waals surface area contributed by atoms with Crippen LogP contribution in [-0.4, -0.2) is 18.5 Å². The molecule has 0 aliphatic rings. The number of carbonyl (C=O) groups is 2. The van der Waals surface area contributed by atoms with Crippen molar-refractivity contribution < 1.29 is 14.3 Å². The van der Waals surface area contributed by atoms with Gasteiger partial charge < -0.3 is 10.1 Å². The van der Waals surface area contributed by atoms with E-state index in [1.807, 2.05) is 42.5 Å². The Morgan fingerprint density at radius 3 is 2.29 bits per heavy atom. The van der Waals surface area contributed by atoms with Gasteiger partial charge in [0.25, 0.3) is 5.91 Å². The second-order valence-corrected chi connectivity index (χ2v) is 6.07. The Bertz CT molecular complexity index is 1010. The lowest BCUT2D eigenvalue weighted by atomic mass is 10.00. The van der Waals surface area contributed by atoms with Crippen LogP contribution < -0.4 is 5.32 Å². The van der Waals surface area contributed by atoms with Crippen molar-refractivity contribution in [2.45, 2.75) is 6.42 Å². The van der Waals surface area contributed by atoms with Crippen LogP contribution in [0.4, 0.5) is 5.69 Å². The topological polar surface area (TPSA) is 79.2 Å². The molecule has 1 amide bonds. The highest BCUT2D eigenvalue weighted by Gasteiger charge is 2.15. The van der Waals surface area contributed by atoms with E-state index in [9.17, 15) is 9.59 Å². The van der Waals surface area contributed by atoms with E-state index in [0.717, 1.165) is 16.7 Å². The van der Waals surface area contributed by atoms with Crippen LogP contribution in [0.1, 0.15) is 15.9 Å². The number of carbonyl (C=O) groups excluding carboxylic acids is 2. The molecule has 1 N–H and O–H groups in total. The van der Waals surface area contributed by atoms with Crippen LogP contribution in [0.2, 0.25) is 0 Å². The Kier molecular flexibility index (Phi) is 6.17. The largest absolute Gasteiger partial charge is 0.452 e. The van der Waals surface area contributed by atoms with Crippen LogP contribution in [0.25, 0.3) is 11.1 Å². The van der Waals surface area contributed by atoms with E-state index in [1.165, 1.54) is 0 Å². The fraction of sp³-hybridized carbons (Fsp3) is 0.0870. The van der Waals surface area contributed by atoms with E-state index in [2.05, 4.69) is 11.4 Å². The number of rotatable bonds is 6.